The van der Waals surface area contributed by atoms with Gasteiger partial charge in [0.1, 0.15) is 0 Å². The lowest BCUT2D eigenvalue weighted by Gasteiger charge is -2.12. The van der Waals surface area contributed by atoms with Crippen molar-refractivity contribution in [2.45, 2.75) is 19.7 Å². The van der Waals surface area contributed by atoms with E-state index in [9.17, 15) is 0 Å². The lowest BCUT2D eigenvalue weighted by Crippen LogP contribution is -2.13. The van der Waals surface area contributed by atoms with E-state index in [2.05, 4.69) is 23.5 Å². The van der Waals surface area contributed by atoms with Crippen LogP contribution in [0, 0.1) is 0 Å². The Hall–Kier alpha value is -1.75. The molecule has 124 valence electrons. The van der Waals surface area contributed by atoms with Crippen molar-refractivity contribution in [3.05, 3.63) is 58.1 Å². The topological polar surface area (TPSA) is 39.7 Å². The van der Waals surface area contributed by atoms with Crippen LogP contribution in [0.25, 0.3) is 0 Å². The second-order valence-corrected chi connectivity index (χ2v) is 5.58. The largest absolute Gasteiger partial charge is 0.493 e. The molecule has 0 aliphatic heterocycles. The molecular formula is C18H22ClNO3. The molecule has 0 atom stereocenters. The molecule has 0 bridgehead atoms. The minimum atomic E-state index is 0.547. The van der Waals surface area contributed by atoms with Gasteiger partial charge in [0.15, 0.2) is 11.5 Å². The average molecular weight is 336 g/mol. The van der Waals surface area contributed by atoms with Gasteiger partial charge in [-0.1, -0.05) is 35.9 Å². The van der Waals surface area contributed by atoms with E-state index in [4.69, 9.17) is 25.8 Å². The summed E-state index contributed by atoms with van der Waals surface area (Å²) in [6, 6.07) is 12.1. The van der Waals surface area contributed by atoms with Gasteiger partial charge in [-0.3, -0.25) is 0 Å². The maximum absolute atomic E-state index is 6.22. The number of methoxy groups -OCH3 is 3. The van der Waals surface area contributed by atoms with Crippen LogP contribution in [0.15, 0.2) is 36.4 Å². The third kappa shape index (κ3) is 4.86. The van der Waals surface area contributed by atoms with Gasteiger partial charge < -0.3 is 19.5 Å². The van der Waals surface area contributed by atoms with E-state index in [1.54, 1.807) is 21.3 Å². The third-order valence-electron chi connectivity index (χ3n) is 3.45. The summed E-state index contributed by atoms with van der Waals surface area (Å²) in [5.41, 5.74) is 3.42. The maximum Gasteiger partial charge on any atom is 0.179 e. The Morgan fingerprint density at radius 2 is 1.65 bits per heavy atom. The number of halogens is 1. The summed E-state index contributed by atoms with van der Waals surface area (Å²) in [7, 11) is 4.88. The maximum atomic E-state index is 6.22. The van der Waals surface area contributed by atoms with Crippen LogP contribution >= 0.6 is 11.6 Å². The standard InChI is InChI=1S/C18H22ClNO3/c1-21-12-14-6-4-5-13(7-14)10-20-11-15-8-16(19)18(23-3)17(9-15)22-2/h4-9,20H,10-12H2,1-3H3. The highest BCUT2D eigenvalue weighted by Gasteiger charge is 2.10. The number of rotatable bonds is 8. The number of ether oxygens (including phenoxy) is 3. The minimum absolute atomic E-state index is 0.547. The van der Waals surface area contributed by atoms with Crippen LogP contribution in [0.1, 0.15) is 16.7 Å². The Morgan fingerprint density at radius 3 is 2.35 bits per heavy atom. The molecule has 1 N–H and O–H groups in total. The van der Waals surface area contributed by atoms with E-state index in [-0.39, 0.29) is 0 Å². The normalized spacial score (nSPS) is 10.6. The molecule has 0 amide bonds. The molecule has 0 unspecified atom stereocenters. The van der Waals surface area contributed by atoms with Crippen molar-refractivity contribution in [2.24, 2.45) is 0 Å². The minimum Gasteiger partial charge on any atom is -0.493 e. The van der Waals surface area contributed by atoms with E-state index in [0.29, 0.717) is 29.7 Å². The summed E-state index contributed by atoms with van der Waals surface area (Å²) in [6.45, 7) is 2.08. The summed E-state index contributed by atoms with van der Waals surface area (Å²) >= 11 is 6.22. The van der Waals surface area contributed by atoms with Gasteiger partial charge in [-0.15, -0.1) is 0 Å². The molecule has 2 aromatic carbocycles. The lowest BCUT2D eigenvalue weighted by atomic mass is 10.1. The predicted molar refractivity (Wildman–Crippen MR) is 92.3 cm³/mol. The number of benzene rings is 2. The Bertz CT molecular complexity index is 646. The average Bonchev–Trinajstić information content (AvgIpc) is 2.55. The zero-order chi connectivity index (χ0) is 16.7. The molecule has 0 fully saturated rings. The van der Waals surface area contributed by atoms with E-state index < -0.39 is 0 Å². The van der Waals surface area contributed by atoms with Crippen LogP contribution in [0.5, 0.6) is 11.5 Å². The van der Waals surface area contributed by atoms with Crippen LogP contribution in [0.3, 0.4) is 0 Å². The van der Waals surface area contributed by atoms with Crippen LogP contribution in [0.2, 0.25) is 5.02 Å². The molecule has 0 radical (unpaired) electrons. The van der Waals surface area contributed by atoms with Gasteiger partial charge in [-0.25, -0.2) is 0 Å². The Kier molecular flexibility index (Phi) is 6.71. The number of hydrogen-bond acceptors (Lipinski definition) is 4. The first-order valence-electron chi connectivity index (χ1n) is 7.35. The van der Waals surface area contributed by atoms with Gasteiger partial charge in [-0.2, -0.15) is 0 Å². The van der Waals surface area contributed by atoms with E-state index >= 15 is 0 Å². The molecule has 0 aliphatic carbocycles. The molecule has 0 saturated heterocycles. The molecule has 2 aromatic rings. The highest BCUT2D eigenvalue weighted by Crippen LogP contribution is 2.35. The van der Waals surface area contributed by atoms with Gasteiger partial charge in [0.05, 0.1) is 25.8 Å². The second-order valence-electron chi connectivity index (χ2n) is 5.17. The molecule has 5 heteroatoms. The summed E-state index contributed by atoms with van der Waals surface area (Å²) in [4.78, 5) is 0. The van der Waals surface area contributed by atoms with Gasteiger partial charge in [0.25, 0.3) is 0 Å². The molecular weight excluding hydrogens is 314 g/mol. The molecule has 23 heavy (non-hydrogen) atoms. The number of hydrogen-bond donors (Lipinski definition) is 1. The zero-order valence-electron chi connectivity index (χ0n) is 13.7. The first-order valence-corrected chi connectivity index (χ1v) is 7.73. The molecule has 0 aliphatic rings. The Labute approximate surface area is 142 Å². The van der Waals surface area contributed by atoms with Crippen molar-refractivity contribution in [3.8, 4) is 11.5 Å². The molecule has 0 heterocycles. The van der Waals surface area contributed by atoms with E-state index in [1.807, 2.05) is 18.2 Å². The molecule has 0 aromatic heterocycles. The van der Waals surface area contributed by atoms with E-state index in [0.717, 1.165) is 12.1 Å². The Morgan fingerprint density at radius 1 is 0.913 bits per heavy atom. The highest BCUT2D eigenvalue weighted by molar-refractivity contribution is 6.32. The smallest absolute Gasteiger partial charge is 0.179 e. The first-order chi connectivity index (χ1) is 11.2. The van der Waals surface area contributed by atoms with Crippen LogP contribution < -0.4 is 14.8 Å². The monoisotopic (exact) mass is 335 g/mol. The van der Waals surface area contributed by atoms with Crippen molar-refractivity contribution in [1.29, 1.82) is 0 Å². The summed E-state index contributed by atoms with van der Waals surface area (Å²) in [5, 5.41) is 3.95. The first kappa shape index (κ1) is 17.6. The molecule has 4 nitrogen and oxygen atoms in total. The summed E-state index contributed by atoms with van der Waals surface area (Å²) in [5.74, 6) is 1.20. The van der Waals surface area contributed by atoms with Gasteiger partial charge in [0.2, 0.25) is 0 Å². The quantitative estimate of drug-likeness (QED) is 0.796. The third-order valence-corrected chi connectivity index (χ3v) is 3.73. The van der Waals surface area contributed by atoms with Crippen molar-refractivity contribution >= 4 is 11.6 Å². The predicted octanol–water partition coefficient (Wildman–Crippen LogP) is 3.79. The fourth-order valence-electron chi connectivity index (χ4n) is 2.42. The fourth-order valence-corrected chi connectivity index (χ4v) is 2.73. The summed E-state index contributed by atoms with van der Waals surface area (Å²) < 4.78 is 15.7. The second kappa shape index (κ2) is 8.77. The van der Waals surface area contributed by atoms with Crippen LogP contribution in [0.4, 0.5) is 0 Å². The summed E-state index contributed by atoms with van der Waals surface area (Å²) in [6.07, 6.45) is 0. The molecule has 2 rings (SSSR count). The lowest BCUT2D eigenvalue weighted by molar-refractivity contribution is 0.185. The molecule has 0 spiro atoms. The van der Waals surface area contributed by atoms with Crippen LogP contribution in [-0.4, -0.2) is 21.3 Å². The Balaban J connectivity index is 1.98. The highest BCUT2D eigenvalue weighted by atomic mass is 35.5. The number of nitrogens with one attached hydrogen (secondary N) is 1. The molecule has 0 saturated carbocycles. The van der Waals surface area contributed by atoms with Crippen molar-refractivity contribution in [3.63, 3.8) is 0 Å². The van der Waals surface area contributed by atoms with Gasteiger partial charge in [-0.05, 0) is 28.8 Å². The van der Waals surface area contributed by atoms with Crippen molar-refractivity contribution < 1.29 is 14.2 Å². The SMILES string of the molecule is COCc1cccc(CNCc2cc(Cl)c(OC)c(OC)c2)c1. The van der Waals surface area contributed by atoms with E-state index in [1.165, 1.54) is 11.1 Å². The van der Waals surface area contributed by atoms with Crippen LogP contribution in [-0.2, 0) is 24.4 Å². The van der Waals surface area contributed by atoms with Crippen molar-refractivity contribution in [1.82, 2.24) is 5.32 Å². The van der Waals surface area contributed by atoms with Gasteiger partial charge >= 0.3 is 0 Å². The van der Waals surface area contributed by atoms with Crippen molar-refractivity contribution in [2.75, 3.05) is 21.3 Å². The van der Waals surface area contributed by atoms with Gasteiger partial charge in [0, 0.05) is 20.2 Å². The fraction of sp³-hybridized carbons (Fsp3) is 0.333. The zero-order valence-corrected chi connectivity index (χ0v) is 14.4.